The predicted molar refractivity (Wildman–Crippen MR) is 69.8 cm³/mol. The molecule has 1 heterocycles. The molecule has 0 unspecified atom stereocenters. The van der Waals surface area contributed by atoms with Crippen molar-refractivity contribution in [3.05, 3.63) is 58.0 Å². The number of nitrogens with zero attached hydrogens (tertiary/aromatic N) is 2. The predicted octanol–water partition coefficient (Wildman–Crippen LogP) is 0.525. The smallest absolute Gasteiger partial charge is 0.276 e. The molecule has 0 saturated heterocycles. The lowest BCUT2D eigenvalue weighted by atomic mass is 10.2. The third-order valence-electron chi connectivity index (χ3n) is 2.63. The molecule has 1 aromatic heterocycles. The minimum absolute atomic E-state index is 0.134. The number of aromatic nitrogens is 2. The van der Waals surface area contributed by atoms with E-state index in [2.05, 4.69) is 10.4 Å². The molecule has 1 amide bonds. The molecule has 98 valence electrons. The molecule has 0 bridgehead atoms. The topological polar surface area (TPSA) is 84.2 Å². The molecule has 2 N–H and O–H groups in total. The summed E-state index contributed by atoms with van der Waals surface area (Å²) in [6.45, 7) is -0.169. The van der Waals surface area contributed by atoms with Crippen LogP contribution in [0.2, 0.25) is 0 Å². The molecule has 2 rings (SSSR count). The van der Waals surface area contributed by atoms with E-state index in [1.165, 1.54) is 19.2 Å². The first-order valence-corrected chi connectivity index (χ1v) is 5.66. The second-order valence-electron chi connectivity index (χ2n) is 3.95. The van der Waals surface area contributed by atoms with Crippen molar-refractivity contribution in [2.24, 2.45) is 7.05 Å². The highest BCUT2D eigenvalue weighted by molar-refractivity contribution is 6.03. The van der Waals surface area contributed by atoms with Gasteiger partial charge in [0.05, 0.1) is 6.61 Å². The van der Waals surface area contributed by atoms with E-state index in [9.17, 15) is 14.7 Å². The minimum atomic E-state index is -0.434. The molecule has 0 saturated carbocycles. The second kappa shape index (κ2) is 5.45. The third-order valence-corrected chi connectivity index (χ3v) is 2.63. The summed E-state index contributed by atoms with van der Waals surface area (Å²) in [5.74, 6) is -0.434. The molecule has 6 nitrogen and oxygen atoms in total. The number of hydrogen-bond donors (Lipinski definition) is 2. The van der Waals surface area contributed by atoms with Gasteiger partial charge in [-0.2, -0.15) is 5.10 Å². The van der Waals surface area contributed by atoms with Gasteiger partial charge < -0.3 is 10.4 Å². The van der Waals surface area contributed by atoms with E-state index in [0.717, 1.165) is 4.68 Å². The first-order chi connectivity index (χ1) is 9.11. The fraction of sp³-hybridized carbons (Fsp3) is 0.154. The molecule has 1 aromatic carbocycles. The van der Waals surface area contributed by atoms with Crippen LogP contribution in [0.1, 0.15) is 16.1 Å². The largest absolute Gasteiger partial charge is 0.392 e. The fourth-order valence-electron chi connectivity index (χ4n) is 1.59. The van der Waals surface area contributed by atoms with Crippen LogP contribution in [-0.4, -0.2) is 20.8 Å². The van der Waals surface area contributed by atoms with Crippen molar-refractivity contribution in [1.29, 1.82) is 0 Å². The number of aryl methyl sites for hydroxylation is 1. The Balaban J connectivity index is 2.25. The van der Waals surface area contributed by atoms with Gasteiger partial charge in [0.1, 0.15) is 5.69 Å². The second-order valence-corrected chi connectivity index (χ2v) is 3.95. The van der Waals surface area contributed by atoms with Crippen molar-refractivity contribution in [1.82, 2.24) is 9.78 Å². The SMILES string of the molecule is Cn1nc(C(=O)Nc2ccccc2CO)ccc1=O. The third kappa shape index (κ3) is 2.86. The number of benzene rings is 1. The lowest BCUT2D eigenvalue weighted by molar-refractivity contribution is 0.102. The van der Waals surface area contributed by atoms with Crippen molar-refractivity contribution >= 4 is 11.6 Å². The standard InChI is InChI=1S/C13H13N3O3/c1-16-12(18)7-6-11(15-16)13(19)14-10-5-3-2-4-9(10)8-17/h2-7,17H,8H2,1H3,(H,14,19). The van der Waals surface area contributed by atoms with Crippen LogP contribution < -0.4 is 10.9 Å². The fourth-order valence-corrected chi connectivity index (χ4v) is 1.59. The minimum Gasteiger partial charge on any atom is -0.392 e. The van der Waals surface area contributed by atoms with E-state index >= 15 is 0 Å². The first-order valence-electron chi connectivity index (χ1n) is 5.66. The Kier molecular flexibility index (Phi) is 3.72. The van der Waals surface area contributed by atoms with Crippen molar-refractivity contribution in [3.8, 4) is 0 Å². The molecule has 0 aliphatic heterocycles. The monoisotopic (exact) mass is 259 g/mol. The Bertz CT molecular complexity index is 664. The van der Waals surface area contributed by atoms with Gasteiger partial charge in [-0.25, -0.2) is 4.68 Å². The number of nitrogens with one attached hydrogen (secondary N) is 1. The Hall–Kier alpha value is -2.47. The van der Waals surface area contributed by atoms with Gasteiger partial charge in [0.15, 0.2) is 0 Å². The van der Waals surface area contributed by atoms with Gasteiger partial charge in [0.2, 0.25) is 0 Å². The number of rotatable bonds is 3. The zero-order valence-electron chi connectivity index (χ0n) is 10.3. The van der Waals surface area contributed by atoms with Crippen LogP contribution in [0.3, 0.4) is 0 Å². The van der Waals surface area contributed by atoms with Gasteiger partial charge in [-0.15, -0.1) is 0 Å². The normalized spacial score (nSPS) is 10.2. The van der Waals surface area contributed by atoms with Gasteiger partial charge in [-0.1, -0.05) is 18.2 Å². The van der Waals surface area contributed by atoms with Crippen LogP contribution >= 0.6 is 0 Å². The molecular weight excluding hydrogens is 246 g/mol. The molecule has 0 aliphatic carbocycles. The Morgan fingerprint density at radius 2 is 2.05 bits per heavy atom. The summed E-state index contributed by atoms with van der Waals surface area (Å²) in [7, 11) is 1.47. The van der Waals surface area contributed by atoms with Gasteiger partial charge in [-0.3, -0.25) is 9.59 Å². The quantitative estimate of drug-likeness (QED) is 0.842. The molecular formula is C13H13N3O3. The number of aliphatic hydroxyl groups is 1. The molecule has 0 atom stereocenters. The maximum atomic E-state index is 12.0. The van der Waals surface area contributed by atoms with Crippen molar-refractivity contribution in [2.45, 2.75) is 6.61 Å². The lowest BCUT2D eigenvalue weighted by Crippen LogP contribution is -2.23. The van der Waals surface area contributed by atoms with E-state index < -0.39 is 5.91 Å². The highest BCUT2D eigenvalue weighted by atomic mass is 16.3. The van der Waals surface area contributed by atoms with Crippen molar-refractivity contribution in [3.63, 3.8) is 0 Å². The van der Waals surface area contributed by atoms with E-state index in [-0.39, 0.29) is 17.9 Å². The summed E-state index contributed by atoms with van der Waals surface area (Å²) in [6, 6.07) is 9.56. The molecule has 0 radical (unpaired) electrons. The molecule has 6 heteroatoms. The summed E-state index contributed by atoms with van der Waals surface area (Å²) in [4.78, 5) is 23.2. The number of carbonyl (C=O) groups excluding carboxylic acids is 1. The first kappa shape index (κ1) is 13.0. The number of anilines is 1. The molecule has 0 aliphatic rings. The number of carbonyl (C=O) groups is 1. The van der Waals surface area contributed by atoms with Gasteiger partial charge in [0.25, 0.3) is 11.5 Å². The number of aliphatic hydroxyl groups excluding tert-OH is 1. The number of para-hydroxylation sites is 1. The average Bonchev–Trinajstić information content (AvgIpc) is 2.42. The maximum Gasteiger partial charge on any atom is 0.276 e. The summed E-state index contributed by atoms with van der Waals surface area (Å²) in [5.41, 5.74) is 0.980. The highest BCUT2D eigenvalue weighted by Crippen LogP contribution is 2.15. The molecule has 2 aromatic rings. The van der Waals surface area contributed by atoms with Crippen LogP contribution in [-0.2, 0) is 13.7 Å². The summed E-state index contributed by atoms with van der Waals surface area (Å²) < 4.78 is 1.09. The van der Waals surface area contributed by atoms with Crippen LogP contribution in [0.25, 0.3) is 0 Å². The van der Waals surface area contributed by atoms with E-state index in [1.54, 1.807) is 24.3 Å². The zero-order chi connectivity index (χ0) is 13.8. The van der Waals surface area contributed by atoms with Gasteiger partial charge in [0, 0.05) is 24.4 Å². The van der Waals surface area contributed by atoms with Crippen LogP contribution in [0.5, 0.6) is 0 Å². The lowest BCUT2D eigenvalue weighted by Gasteiger charge is -2.09. The zero-order valence-corrected chi connectivity index (χ0v) is 10.3. The van der Waals surface area contributed by atoms with E-state index in [1.807, 2.05) is 0 Å². The Morgan fingerprint density at radius 3 is 2.74 bits per heavy atom. The average molecular weight is 259 g/mol. The van der Waals surface area contributed by atoms with Crippen molar-refractivity contribution in [2.75, 3.05) is 5.32 Å². The van der Waals surface area contributed by atoms with E-state index in [0.29, 0.717) is 11.3 Å². The number of hydrogen-bond acceptors (Lipinski definition) is 4. The summed E-state index contributed by atoms with van der Waals surface area (Å²) in [5, 5.41) is 15.7. The highest BCUT2D eigenvalue weighted by Gasteiger charge is 2.10. The number of amides is 1. The molecule has 0 fully saturated rings. The van der Waals surface area contributed by atoms with Gasteiger partial charge in [-0.05, 0) is 12.1 Å². The van der Waals surface area contributed by atoms with Crippen molar-refractivity contribution < 1.29 is 9.90 Å². The summed E-state index contributed by atoms with van der Waals surface area (Å²) in [6.07, 6.45) is 0. The van der Waals surface area contributed by atoms with E-state index in [4.69, 9.17) is 0 Å². The van der Waals surface area contributed by atoms with Crippen LogP contribution in [0, 0.1) is 0 Å². The molecule has 19 heavy (non-hydrogen) atoms. The molecule has 0 spiro atoms. The Morgan fingerprint density at radius 1 is 1.32 bits per heavy atom. The van der Waals surface area contributed by atoms with Gasteiger partial charge >= 0.3 is 0 Å². The maximum absolute atomic E-state index is 12.0. The summed E-state index contributed by atoms with van der Waals surface area (Å²) >= 11 is 0. The van der Waals surface area contributed by atoms with Crippen LogP contribution in [0.4, 0.5) is 5.69 Å². The Labute approximate surface area is 109 Å². The van der Waals surface area contributed by atoms with Crippen LogP contribution in [0.15, 0.2) is 41.2 Å².